The largest absolute Gasteiger partial charge is 0.496 e. The van der Waals surface area contributed by atoms with Crippen LogP contribution in [-0.2, 0) is 14.8 Å². The highest BCUT2D eigenvalue weighted by molar-refractivity contribution is 7.89. The van der Waals surface area contributed by atoms with Crippen LogP contribution in [-0.4, -0.2) is 46.4 Å². The van der Waals surface area contributed by atoms with Crippen LogP contribution >= 0.6 is 0 Å². The van der Waals surface area contributed by atoms with Crippen molar-refractivity contribution < 1.29 is 32.5 Å². The van der Waals surface area contributed by atoms with E-state index in [2.05, 4.69) is 4.72 Å². The molecule has 8 nitrogen and oxygen atoms in total. The lowest BCUT2D eigenvalue weighted by Gasteiger charge is -2.26. The first kappa shape index (κ1) is 20.0. The molecule has 0 bridgehead atoms. The van der Waals surface area contributed by atoms with E-state index in [-0.39, 0.29) is 29.2 Å². The van der Waals surface area contributed by atoms with E-state index in [1.807, 2.05) is 0 Å². The lowest BCUT2D eigenvalue weighted by Crippen LogP contribution is -2.43. The van der Waals surface area contributed by atoms with Gasteiger partial charge in [-0.2, -0.15) is 0 Å². The number of methoxy groups -OCH3 is 3. The van der Waals surface area contributed by atoms with Gasteiger partial charge in [-0.15, -0.1) is 0 Å². The minimum absolute atomic E-state index is 0.0627. The van der Waals surface area contributed by atoms with Crippen LogP contribution in [0.1, 0.15) is 26.7 Å². The third-order valence-electron chi connectivity index (χ3n) is 3.31. The van der Waals surface area contributed by atoms with Gasteiger partial charge in [0, 0.05) is 24.1 Å². The van der Waals surface area contributed by atoms with E-state index in [0.29, 0.717) is 5.75 Å². The lowest BCUT2D eigenvalue weighted by atomic mass is 10.0. The van der Waals surface area contributed by atoms with Crippen molar-refractivity contribution in [3.8, 4) is 17.2 Å². The van der Waals surface area contributed by atoms with E-state index in [1.165, 1.54) is 33.5 Å². The number of carboxylic acid groups (broad SMARTS) is 1. The fourth-order valence-corrected chi connectivity index (χ4v) is 3.87. The molecule has 0 aliphatic rings. The molecule has 0 amide bonds. The van der Waals surface area contributed by atoms with Crippen molar-refractivity contribution in [2.24, 2.45) is 0 Å². The molecule has 24 heavy (non-hydrogen) atoms. The molecule has 2 N–H and O–H groups in total. The number of sulfonamides is 1. The van der Waals surface area contributed by atoms with Crippen molar-refractivity contribution in [3.63, 3.8) is 0 Å². The Labute approximate surface area is 141 Å². The average molecular weight is 361 g/mol. The van der Waals surface area contributed by atoms with Gasteiger partial charge in [0.2, 0.25) is 10.0 Å². The minimum atomic E-state index is -4.02. The number of aliphatic carboxylic acids is 1. The number of rotatable bonds is 9. The van der Waals surface area contributed by atoms with Crippen LogP contribution in [0.4, 0.5) is 0 Å². The number of nitrogens with one attached hydrogen (secondary N) is 1. The molecule has 0 spiro atoms. The number of hydrogen-bond donors (Lipinski definition) is 2. The van der Waals surface area contributed by atoms with Crippen LogP contribution in [0.5, 0.6) is 17.2 Å². The molecular weight excluding hydrogens is 338 g/mol. The van der Waals surface area contributed by atoms with Gasteiger partial charge in [0.05, 0.1) is 21.3 Å². The fourth-order valence-electron chi connectivity index (χ4n) is 2.12. The van der Waals surface area contributed by atoms with Crippen molar-refractivity contribution in [2.75, 3.05) is 21.3 Å². The second-order valence-electron chi connectivity index (χ2n) is 5.74. The Hall–Kier alpha value is -2.00. The van der Waals surface area contributed by atoms with Gasteiger partial charge in [0.25, 0.3) is 0 Å². The van der Waals surface area contributed by atoms with Gasteiger partial charge >= 0.3 is 5.97 Å². The highest BCUT2D eigenvalue weighted by Crippen LogP contribution is 2.38. The normalized spacial score (nSPS) is 11.9. The fraction of sp³-hybridized carbons (Fsp3) is 0.533. The Morgan fingerprint density at radius 1 is 1.12 bits per heavy atom. The van der Waals surface area contributed by atoms with Crippen LogP contribution in [0, 0.1) is 0 Å². The summed E-state index contributed by atoms with van der Waals surface area (Å²) in [5.74, 6) is -0.491. The third-order valence-corrected chi connectivity index (χ3v) is 5.07. The Bertz CT molecular complexity index is 673. The number of benzene rings is 1. The monoisotopic (exact) mass is 361 g/mol. The molecule has 1 aromatic rings. The maximum atomic E-state index is 12.8. The van der Waals surface area contributed by atoms with Gasteiger partial charge in [0.15, 0.2) is 4.90 Å². The zero-order chi connectivity index (χ0) is 18.5. The lowest BCUT2D eigenvalue weighted by molar-refractivity contribution is -0.137. The predicted octanol–water partition coefficient (Wildman–Crippen LogP) is 1.63. The molecule has 0 fully saturated rings. The second kappa shape index (κ2) is 7.71. The molecule has 0 aromatic heterocycles. The molecule has 0 aliphatic carbocycles. The maximum absolute atomic E-state index is 12.8. The standard InChI is InChI=1S/C15H23NO7S/c1-15(2,7-6-13(17)18)16-24(19,20)14-11(22-4)8-10(21-3)9-12(14)23-5/h8-9,16H,6-7H2,1-5H3,(H,17,18). The van der Waals surface area contributed by atoms with Crippen molar-refractivity contribution >= 4 is 16.0 Å². The molecule has 0 saturated carbocycles. The summed E-state index contributed by atoms with van der Waals surface area (Å²) in [5.41, 5.74) is -0.965. The van der Waals surface area contributed by atoms with E-state index in [0.717, 1.165) is 0 Å². The molecule has 0 atom stereocenters. The van der Waals surface area contributed by atoms with E-state index >= 15 is 0 Å². The van der Waals surface area contributed by atoms with Crippen LogP contribution in [0.15, 0.2) is 17.0 Å². The molecule has 0 heterocycles. The molecule has 0 aliphatic heterocycles. The van der Waals surface area contributed by atoms with E-state index in [9.17, 15) is 13.2 Å². The zero-order valence-electron chi connectivity index (χ0n) is 14.4. The summed E-state index contributed by atoms with van der Waals surface area (Å²) in [7, 11) is 0.0875. The van der Waals surface area contributed by atoms with Gasteiger partial charge in [0.1, 0.15) is 17.2 Å². The van der Waals surface area contributed by atoms with Gasteiger partial charge in [-0.25, -0.2) is 13.1 Å². The number of ether oxygens (including phenoxy) is 3. The van der Waals surface area contributed by atoms with Crippen LogP contribution in [0.2, 0.25) is 0 Å². The van der Waals surface area contributed by atoms with Crippen molar-refractivity contribution in [1.29, 1.82) is 0 Å². The summed E-state index contributed by atoms with van der Waals surface area (Å²) >= 11 is 0. The van der Waals surface area contributed by atoms with E-state index < -0.39 is 21.5 Å². The zero-order valence-corrected chi connectivity index (χ0v) is 15.2. The molecular formula is C15H23NO7S. The highest BCUT2D eigenvalue weighted by Gasteiger charge is 2.32. The Balaban J connectivity index is 3.29. The average Bonchev–Trinajstić information content (AvgIpc) is 2.50. The number of hydrogen-bond acceptors (Lipinski definition) is 6. The molecule has 0 radical (unpaired) electrons. The molecule has 9 heteroatoms. The summed E-state index contributed by atoms with van der Waals surface area (Å²) in [6.07, 6.45) is -0.0330. The van der Waals surface area contributed by atoms with E-state index in [4.69, 9.17) is 19.3 Å². The Morgan fingerprint density at radius 2 is 1.62 bits per heavy atom. The highest BCUT2D eigenvalue weighted by atomic mass is 32.2. The topological polar surface area (TPSA) is 111 Å². The Kier molecular flexibility index (Phi) is 6.44. The van der Waals surface area contributed by atoms with Gasteiger partial charge in [-0.3, -0.25) is 4.79 Å². The van der Waals surface area contributed by atoms with Crippen LogP contribution in [0.3, 0.4) is 0 Å². The second-order valence-corrected chi connectivity index (χ2v) is 7.36. The van der Waals surface area contributed by atoms with Crippen LogP contribution < -0.4 is 18.9 Å². The van der Waals surface area contributed by atoms with E-state index in [1.54, 1.807) is 13.8 Å². The smallest absolute Gasteiger partial charge is 0.303 e. The summed E-state index contributed by atoms with van der Waals surface area (Å²) in [6, 6.07) is 2.86. The number of carbonyl (C=O) groups is 1. The SMILES string of the molecule is COc1cc(OC)c(S(=O)(=O)NC(C)(C)CCC(=O)O)c(OC)c1. The minimum Gasteiger partial charge on any atom is -0.496 e. The summed E-state index contributed by atoms with van der Waals surface area (Å²) in [5, 5.41) is 8.78. The quantitative estimate of drug-likeness (QED) is 0.687. The predicted molar refractivity (Wildman–Crippen MR) is 87.4 cm³/mol. The molecule has 0 unspecified atom stereocenters. The Morgan fingerprint density at radius 3 is 2.00 bits per heavy atom. The molecule has 0 saturated heterocycles. The molecule has 1 rings (SSSR count). The summed E-state index contributed by atoms with van der Waals surface area (Å²) in [6.45, 7) is 3.21. The van der Waals surface area contributed by atoms with Gasteiger partial charge in [-0.05, 0) is 20.3 Å². The third kappa shape index (κ3) is 5.00. The van der Waals surface area contributed by atoms with Crippen LogP contribution in [0.25, 0.3) is 0 Å². The van der Waals surface area contributed by atoms with Crippen molar-refractivity contribution in [3.05, 3.63) is 12.1 Å². The van der Waals surface area contributed by atoms with Gasteiger partial charge < -0.3 is 19.3 Å². The molecule has 136 valence electrons. The maximum Gasteiger partial charge on any atom is 0.303 e. The summed E-state index contributed by atoms with van der Waals surface area (Å²) < 4.78 is 43.5. The van der Waals surface area contributed by atoms with Crippen molar-refractivity contribution in [2.45, 2.75) is 37.1 Å². The molecule has 1 aromatic carbocycles. The van der Waals surface area contributed by atoms with Gasteiger partial charge in [-0.1, -0.05) is 0 Å². The first-order chi connectivity index (χ1) is 11.1. The first-order valence-electron chi connectivity index (χ1n) is 7.12. The first-order valence-corrected chi connectivity index (χ1v) is 8.60. The number of carboxylic acids is 1. The van der Waals surface area contributed by atoms with Crippen molar-refractivity contribution in [1.82, 2.24) is 4.72 Å². The summed E-state index contributed by atoms with van der Waals surface area (Å²) in [4.78, 5) is 10.6.